The van der Waals surface area contributed by atoms with Gasteiger partial charge in [-0.15, -0.1) is 15.3 Å². The number of nitrogens with zero attached hydrogens (tertiary/aromatic N) is 7. The predicted octanol–water partition coefficient (Wildman–Crippen LogP) is 0.924. The molecule has 1 fully saturated rings. The molecular weight excluding hydrogens is 350 g/mol. The summed E-state index contributed by atoms with van der Waals surface area (Å²) in [5.74, 6) is 0.843. The average Bonchev–Trinajstić information content (AvgIpc) is 3.16. The first-order chi connectivity index (χ1) is 13.1. The normalized spacial score (nSPS) is 14.5. The van der Waals surface area contributed by atoms with Crippen molar-refractivity contribution in [2.75, 3.05) is 31.1 Å². The Morgan fingerprint density at radius 1 is 1.07 bits per heavy atom. The molecule has 0 saturated carbocycles. The number of non-ortho nitro benzene ring substituents is 1. The molecule has 1 amide bonds. The van der Waals surface area contributed by atoms with Crippen LogP contribution in [0.4, 0.5) is 11.5 Å². The Kier molecular flexibility index (Phi) is 4.37. The number of carbonyl (C=O) groups is 1. The van der Waals surface area contributed by atoms with Gasteiger partial charge in [0, 0.05) is 38.3 Å². The quantitative estimate of drug-likeness (QED) is 0.498. The van der Waals surface area contributed by atoms with Crippen LogP contribution in [0.5, 0.6) is 0 Å². The molecule has 10 nitrogen and oxygen atoms in total. The highest BCUT2D eigenvalue weighted by Crippen LogP contribution is 2.16. The van der Waals surface area contributed by atoms with Gasteiger partial charge in [-0.05, 0) is 17.7 Å². The topological polar surface area (TPSA) is 110 Å². The third kappa shape index (κ3) is 3.54. The summed E-state index contributed by atoms with van der Waals surface area (Å²) in [6.07, 6.45) is 1.80. The van der Waals surface area contributed by atoms with Gasteiger partial charge in [0.05, 0.1) is 11.3 Å². The number of nitro groups is 1. The van der Waals surface area contributed by atoms with Gasteiger partial charge in [-0.3, -0.25) is 14.9 Å². The molecule has 0 radical (unpaired) electrons. The Balaban J connectivity index is 1.35. The van der Waals surface area contributed by atoms with Crippen LogP contribution in [-0.4, -0.2) is 61.7 Å². The van der Waals surface area contributed by atoms with E-state index in [1.54, 1.807) is 23.0 Å². The number of anilines is 1. The monoisotopic (exact) mass is 367 g/mol. The predicted molar refractivity (Wildman–Crippen MR) is 96.4 cm³/mol. The number of nitro benzene ring substituents is 1. The van der Waals surface area contributed by atoms with Gasteiger partial charge in [-0.2, -0.15) is 4.52 Å². The van der Waals surface area contributed by atoms with E-state index in [9.17, 15) is 14.9 Å². The van der Waals surface area contributed by atoms with Crippen molar-refractivity contribution in [3.63, 3.8) is 0 Å². The third-order valence-electron chi connectivity index (χ3n) is 4.61. The fourth-order valence-electron chi connectivity index (χ4n) is 3.09. The highest BCUT2D eigenvalue weighted by atomic mass is 16.6. The average molecular weight is 367 g/mol. The van der Waals surface area contributed by atoms with Gasteiger partial charge in [0.1, 0.15) is 12.1 Å². The van der Waals surface area contributed by atoms with E-state index < -0.39 is 4.92 Å². The first-order valence-corrected chi connectivity index (χ1v) is 8.53. The molecule has 1 aromatic carbocycles. The van der Waals surface area contributed by atoms with Crippen LogP contribution in [0, 0.1) is 10.1 Å². The van der Waals surface area contributed by atoms with Gasteiger partial charge < -0.3 is 9.80 Å². The molecule has 1 aliphatic rings. The summed E-state index contributed by atoms with van der Waals surface area (Å²) in [6, 6.07) is 9.87. The molecule has 1 saturated heterocycles. The lowest BCUT2D eigenvalue weighted by Gasteiger charge is -2.35. The van der Waals surface area contributed by atoms with Crippen molar-refractivity contribution in [1.82, 2.24) is 24.7 Å². The number of hydrogen-bond donors (Lipinski definition) is 0. The van der Waals surface area contributed by atoms with Gasteiger partial charge in [-0.25, -0.2) is 0 Å². The summed E-state index contributed by atoms with van der Waals surface area (Å²) in [5.41, 5.74) is 1.49. The molecule has 4 rings (SSSR count). The van der Waals surface area contributed by atoms with Crippen molar-refractivity contribution in [2.45, 2.75) is 6.42 Å². The van der Waals surface area contributed by atoms with Crippen LogP contribution in [-0.2, 0) is 11.2 Å². The molecule has 0 unspecified atom stereocenters. The minimum atomic E-state index is -0.448. The van der Waals surface area contributed by atoms with Gasteiger partial charge >= 0.3 is 0 Å². The Morgan fingerprint density at radius 3 is 2.52 bits per heavy atom. The van der Waals surface area contributed by atoms with E-state index in [-0.39, 0.29) is 18.0 Å². The lowest BCUT2D eigenvalue weighted by atomic mass is 10.1. The van der Waals surface area contributed by atoms with E-state index in [2.05, 4.69) is 20.2 Å². The van der Waals surface area contributed by atoms with Gasteiger partial charge in [0.15, 0.2) is 5.65 Å². The largest absolute Gasteiger partial charge is 0.352 e. The molecule has 0 spiro atoms. The lowest BCUT2D eigenvalue weighted by molar-refractivity contribution is -0.384. The molecule has 3 heterocycles. The van der Waals surface area contributed by atoms with Crippen LogP contribution in [0.25, 0.3) is 5.65 Å². The van der Waals surface area contributed by atoms with E-state index in [1.807, 2.05) is 17.0 Å². The highest BCUT2D eigenvalue weighted by molar-refractivity contribution is 5.79. The van der Waals surface area contributed by atoms with E-state index in [4.69, 9.17) is 0 Å². The lowest BCUT2D eigenvalue weighted by Crippen LogP contribution is -2.49. The molecule has 138 valence electrons. The van der Waals surface area contributed by atoms with Gasteiger partial charge in [-0.1, -0.05) is 12.1 Å². The number of aromatic nitrogens is 4. The van der Waals surface area contributed by atoms with Crippen molar-refractivity contribution in [3.8, 4) is 0 Å². The Bertz CT molecular complexity index is 978. The molecule has 0 bridgehead atoms. The number of benzene rings is 1. The maximum atomic E-state index is 12.5. The Hall–Kier alpha value is -3.56. The smallest absolute Gasteiger partial charge is 0.269 e. The van der Waals surface area contributed by atoms with Crippen molar-refractivity contribution >= 4 is 23.1 Å². The first kappa shape index (κ1) is 16.9. The second kappa shape index (κ2) is 6.98. The number of piperazine rings is 1. The van der Waals surface area contributed by atoms with Crippen molar-refractivity contribution < 1.29 is 9.72 Å². The fraction of sp³-hybridized carbons (Fsp3) is 0.294. The summed E-state index contributed by atoms with van der Waals surface area (Å²) >= 11 is 0. The fourth-order valence-corrected chi connectivity index (χ4v) is 3.09. The minimum absolute atomic E-state index is 0.0192. The molecule has 3 aromatic rings. The Labute approximate surface area is 154 Å². The first-order valence-electron chi connectivity index (χ1n) is 8.53. The van der Waals surface area contributed by atoms with Crippen molar-refractivity contribution in [1.29, 1.82) is 0 Å². The summed E-state index contributed by atoms with van der Waals surface area (Å²) in [6.45, 7) is 2.58. The van der Waals surface area contributed by atoms with Crippen LogP contribution >= 0.6 is 0 Å². The van der Waals surface area contributed by atoms with Crippen molar-refractivity contribution in [3.05, 3.63) is 58.4 Å². The summed E-state index contributed by atoms with van der Waals surface area (Å²) in [4.78, 5) is 26.7. The summed E-state index contributed by atoms with van der Waals surface area (Å²) < 4.78 is 1.63. The zero-order valence-corrected chi connectivity index (χ0v) is 14.4. The number of hydrogen-bond acceptors (Lipinski definition) is 7. The van der Waals surface area contributed by atoms with E-state index in [0.29, 0.717) is 31.8 Å². The molecular formula is C17H17N7O3. The number of carbonyl (C=O) groups excluding carboxylic acids is 1. The highest BCUT2D eigenvalue weighted by Gasteiger charge is 2.22. The summed E-state index contributed by atoms with van der Waals surface area (Å²) in [7, 11) is 0. The van der Waals surface area contributed by atoms with Crippen LogP contribution in [0.2, 0.25) is 0 Å². The Morgan fingerprint density at radius 2 is 1.81 bits per heavy atom. The van der Waals surface area contributed by atoms with Crippen LogP contribution in [0.15, 0.2) is 42.7 Å². The minimum Gasteiger partial charge on any atom is -0.352 e. The maximum absolute atomic E-state index is 12.5. The molecule has 1 aliphatic heterocycles. The van der Waals surface area contributed by atoms with Crippen LogP contribution < -0.4 is 4.90 Å². The molecule has 10 heteroatoms. The van der Waals surface area contributed by atoms with Gasteiger partial charge in [0.25, 0.3) is 5.69 Å². The van der Waals surface area contributed by atoms with E-state index in [1.165, 1.54) is 12.1 Å². The standard InChI is InChI=1S/C17H17N7O3/c25-17(11-13-1-3-14(4-2-13)24(26)27)22-9-7-21(8-10-22)16-6-5-15-19-18-12-23(15)20-16/h1-6,12H,7-11H2. The van der Waals surface area contributed by atoms with E-state index >= 15 is 0 Å². The zero-order chi connectivity index (χ0) is 18.8. The molecule has 0 atom stereocenters. The number of rotatable bonds is 4. The maximum Gasteiger partial charge on any atom is 0.269 e. The van der Waals surface area contributed by atoms with E-state index in [0.717, 1.165) is 11.4 Å². The molecule has 2 aromatic heterocycles. The van der Waals surface area contributed by atoms with Crippen molar-refractivity contribution in [2.24, 2.45) is 0 Å². The summed E-state index contributed by atoms with van der Waals surface area (Å²) in [5, 5.41) is 22.9. The molecule has 27 heavy (non-hydrogen) atoms. The van der Waals surface area contributed by atoms with Crippen LogP contribution in [0.1, 0.15) is 5.56 Å². The van der Waals surface area contributed by atoms with Crippen LogP contribution in [0.3, 0.4) is 0 Å². The number of fused-ring (bicyclic) bond motifs is 1. The molecule has 0 N–H and O–H groups in total. The second-order valence-corrected chi connectivity index (χ2v) is 6.29. The zero-order valence-electron chi connectivity index (χ0n) is 14.4. The molecule has 0 aliphatic carbocycles. The van der Waals surface area contributed by atoms with Gasteiger partial charge in [0.2, 0.25) is 5.91 Å². The second-order valence-electron chi connectivity index (χ2n) is 6.29. The SMILES string of the molecule is O=C(Cc1ccc([N+](=O)[O-])cc1)N1CCN(c2ccc3nncn3n2)CC1. The third-order valence-corrected chi connectivity index (χ3v) is 4.61. The number of amides is 1.